The maximum atomic E-state index is 12.3. The number of benzene rings is 1. The average molecular weight is 291 g/mol. The summed E-state index contributed by atoms with van der Waals surface area (Å²) in [6.07, 6.45) is 0. The Morgan fingerprint density at radius 3 is 3.00 bits per heavy atom. The third kappa shape index (κ3) is 2.96. The molecule has 0 bridgehead atoms. The van der Waals surface area contributed by atoms with Crippen LogP contribution in [0.4, 0.5) is 0 Å². The van der Waals surface area contributed by atoms with E-state index in [1.54, 1.807) is 19.0 Å². The molecule has 2 aliphatic heterocycles. The summed E-state index contributed by atoms with van der Waals surface area (Å²) in [4.78, 5) is 16.2. The number of nitrogens with one attached hydrogen (secondary N) is 1. The Morgan fingerprint density at radius 2 is 2.19 bits per heavy atom. The molecule has 0 aromatic heterocycles. The van der Waals surface area contributed by atoms with E-state index >= 15 is 0 Å². The molecular weight excluding hydrogens is 270 g/mol. The zero-order valence-corrected chi connectivity index (χ0v) is 12.5. The molecule has 1 fully saturated rings. The molecule has 1 saturated heterocycles. The van der Waals surface area contributed by atoms with Gasteiger partial charge in [-0.2, -0.15) is 0 Å². The van der Waals surface area contributed by atoms with Crippen molar-refractivity contribution in [3.63, 3.8) is 0 Å². The summed E-state index contributed by atoms with van der Waals surface area (Å²) in [6.45, 7) is 3.48. The Labute approximate surface area is 124 Å². The number of carbonyl (C=O) groups excluding carboxylic acids is 1. The second-order valence-corrected chi connectivity index (χ2v) is 5.61. The monoisotopic (exact) mass is 291 g/mol. The minimum atomic E-state index is -0.112. The SMILES string of the molecule is CN(C)C(=O)C1CNCCN1Cc1ccc2c(c1)OCO2. The highest BCUT2D eigenvalue weighted by atomic mass is 16.7. The van der Waals surface area contributed by atoms with Crippen LogP contribution in [0.5, 0.6) is 11.5 Å². The minimum absolute atomic E-state index is 0.112. The first kappa shape index (κ1) is 14.2. The highest BCUT2D eigenvalue weighted by Crippen LogP contribution is 2.33. The molecule has 6 nitrogen and oxygen atoms in total. The lowest BCUT2D eigenvalue weighted by Gasteiger charge is -2.36. The largest absolute Gasteiger partial charge is 0.454 e. The van der Waals surface area contributed by atoms with E-state index in [0.29, 0.717) is 6.54 Å². The van der Waals surface area contributed by atoms with Crippen molar-refractivity contribution in [1.82, 2.24) is 15.1 Å². The van der Waals surface area contributed by atoms with E-state index in [-0.39, 0.29) is 18.7 Å². The predicted molar refractivity (Wildman–Crippen MR) is 78.3 cm³/mol. The van der Waals surface area contributed by atoms with Gasteiger partial charge >= 0.3 is 0 Å². The number of hydrogen-bond acceptors (Lipinski definition) is 5. The Balaban J connectivity index is 1.74. The fourth-order valence-electron chi connectivity index (χ4n) is 2.75. The van der Waals surface area contributed by atoms with Gasteiger partial charge in [0.15, 0.2) is 11.5 Å². The lowest BCUT2D eigenvalue weighted by Crippen LogP contribution is -2.57. The Bertz CT molecular complexity index is 533. The Hall–Kier alpha value is -1.79. The number of carbonyl (C=O) groups is 1. The zero-order valence-electron chi connectivity index (χ0n) is 12.5. The van der Waals surface area contributed by atoms with Crippen molar-refractivity contribution in [3.05, 3.63) is 23.8 Å². The van der Waals surface area contributed by atoms with E-state index in [0.717, 1.165) is 36.7 Å². The molecule has 0 spiro atoms. The van der Waals surface area contributed by atoms with Crippen molar-refractivity contribution in [1.29, 1.82) is 0 Å². The van der Waals surface area contributed by atoms with E-state index in [4.69, 9.17) is 9.47 Å². The van der Waals surface area contributed by atoms with Crippen LogP contribution in [-0.2, 0) is 11.3 Å². The van der Waals surface area contributed by atoms with Crippen LogP contribution >= 0.6 is 0 Å². The molecule has 21 heavy (non-hydrogen) atoms. The van der Waals surface area contributed by atoms with Gasteiger partial charge in [0.2, 0.25) is 12.7 Å². The molecule has 1 unspecified atom stereocenters. The van der Waals surface area contributed by atoms with Crippen LogP contribution in [0.15, 0.2) is 18.2 Å². The average Bonchev–Trinajstić information content (AvgIpc) is 2.94. The molecule has 114 valence electrons. The number of piperazine rings is 1. The van der Waals surface area contributed by atoms with Gasteiger partial charge in [-0.05, 0) is 17.7 Å². The van der Waals surface area contributed by atoms with Gasteiger partial charge < -0.3 is 19.7 Å². The van der Waals surface area contributed by atoms with Crippen molar-refractivity contribution in [2.45, 2.75) is 12.6 Å². The number of amides is 1. The van der Waals surface area contributed by atoms with Gasteiger partial charge in [-0.3, -0.25) is 9.69 Å². The van der Waals surface area contributed by atoms with Crippen LogP contribution in [0.25, 0.3) is 0 Å². The highest BCUT2D eigenvalue weighted by molar-refractivity contribution is 5.81. The van der Waals surface area contributed by atoms with Crippen molar-refractivity contribution >= 4 is 5.91 Å². The van der Waals surface area contributed by atoms with E-state index < -0.39 is 0 Å². The van der Waals surface area contributed by atoms with Crippen molar-refractivity contribution in [3.8, 4) is 11.5 Å². The molecule has 1 amide bonds. The van der Waals surface area contributed by atoms with Gasteiger partial charge in [0.1, 0.15) is 6.04 Å². The second-order valence-electron chi connectivity index (χ2n) is 5.61. The summed E-state index contributed by atoms with van der Waals surface area (Å²) in [5.74, 6) is 1.72. The molecule has 0 saturated carbocycles. The summed E-state index contributed by atoms with van der Waals surface area (Å²) in [7, 11) is 3.60. The third-order valence-corrected chi connectivity index (χ3v) is 3.90. The van der Waals surface area contributed by atoms with Gasteiger partial charge in [0.25, 0.3) is 0 Å². The standard InChI is InChI=1S/C15H21N3O3/c1-17(2)15(19)12-8-16-5-6-18(12)9-11-3-4-13-14(7-11)21-10-20-13/h3-4,7,12,16H,5-6,8-10H2,1-2H3. The second kappa shape index (κ2) is 5.91. The van der Waals surface area contributed by atoms with E-state index in [1.807, 2.05) is 18.2 Å². The molecule has 1 atom stereocenters. The number of ether oxygens (including phenoxy) is 2. The maximum Gasteiger partial charge on any atom is 0.240 e. The zero-order chi connectivity index (χ0) is 14.8. The molecule has 0 radical (unpaired) electrons. The molecule has 6 heteroatoms. The van der Waals surface area contributed by atoms with Crippen LogP contribution < -0.4 is 14.8 Å². The first-order valence-electron chi connectivity index (χ1n) is 7.19. The fraction of sp³-hybridized carbons (Fsp3) is 0.533. The van der Waals surface area contributed by atoms with Crippen LogP contribution in [0.3, 0.4) is 0 Å². The molecule has 1 aromatic carbocycles. The molecule has 2 aliphatic rings. The van der Waals surface area contributed by atoms with Crippen molar-refractivity contribution in [2.75, 3.05) is 40.5 Å². The van der Waals surface area contributed by atoms with Crippen molar-refractivity contribution in [2.24, 2.45) is 0 Å². The molecule has 3 rings (SSSR count). The molecular formula is C15H21N3O3. The maximum absolute atomic E-state index is 12.3. The molecule has 1 aromatic rings. The van der Waals surface area contributed by atoms with E-state index in [9.17, 15) is 4.79 Å². The summed E-state index contributed by atoms with van der Waals surface area (Å²) < 4.78 is 10.7. The molecule has 1 N–H and O–H groups in total. The van der Waals surface area contributed by atoms with Gasteiger partial charge in [0.05, 0.1) is 0 Å². The summed E-state index contributed by atoms with van der Waals surface area (Å²) in [6, 6.07) is 5.86. The molecule has 0 aliphatic carbocycles. The lowest BCUT2D eigenvalue weighted by atomic mass is 10.1. The van der Waals surface area contributed by atoms with Crippen LogP contribution in [-0.4, -0.2) is 62.3 Å². The van der Waals surface area contributed by atoms with Gasteiger partial charge in [-0.15, -0.1) is 0 Å². The third-order valence-electron chi connectivity index (χ3n) is 3.90. The Morgan fingerprint density at radius 1 is 1.38 bits per heavy atom. The van der Waals surface area contributed by atoms with Gasteiger partial charge in [-0.25, -0.2) is 0 Å². The summed E-state index contributed by atoms with van der Waals surface area (Å²) >= 11 is 0. The number of hydrogen-bond donors (Lipinski definition) is 1. The van der Waals surface area contributed by atoms with Gasteiger partial charge in [0, 0.05) is 40.3 Å². The first-order chi connectivity index (χ1) is 10.1. The first-order valence-corrected chi connectivity index (χ1v) is 7.19. The van der Waals surface area contributed by atoms with E-state index in [1.165, 1.54) is 0 Å². The minimum Gasteiger partial charge on any atom is -0.454 e. The Kier molecular flexibility index (Phi) is 3.98. The lowest BCUT2D eigenvalue weighted by molar-refractivity contribution is -0.135. The van der Waals surface area contributed by atoms with E-state index in [2.05, 4.69) is 10.2 Å². The van der Waals surface area contributed by atoms with Crippen LogP contribution in [0.1, 0.15) is 5.56 Å². The highest BCUT2D eigenvalue weighted by Gasteiger charge is 2.29. The quantitative estimate of drug-likeness (QED) is 0.867. The number of likely N-dealkylation sites (N-methyl/N-ethyl adjacent to an activating group) is 1. The summed E-state index contributed by atoms with van der Waals surface area (Å²) in [5.41, 5.74) is 1.14. The van der Waals surface area contributed by atoms with Crippen LogP contribution in [0, 0.1) is 0 Å². The normalized spacial score (nSPS) is 21.3. The number of nitrogens with zero attached hydrogens (tertiary/aromatic N) is 2. The fourth-order valence-corrected chi connectivity index (χ4v) is 2.75. The smallest absolute Gasteiger partial charge is 0.240 e. The number of rotatable bonds is 3. The number of fused-ring (bicyclic) bond motifs is 1. The van der Waals surface area contributed by atoms with Crippen molar-refractivity contribution < 1.29 is 14.3 Å². The topological polar surface area (TPSA) is 54.0 Å². The molecule has 2 heterocycles. The predicted octanol–water partition coefficient (Wildman–Crippen LogP) is 0.277. The van der Waals surface area contributed by atoms with Gasteiger partial charge in [-0.1, -0.05) is 6.07 Å². The summed E-state index contributed by atoms with van der Waals surface area (Å²) in [5, 5.41) is 3.29. The van der Waals surface area contributed by atoms with Crippen LogP contribution in [0.2, 0.25) is 0 Å².